The van der Waals surface area contributed by atoms with Gasteiger partial charge in [-0.1, -0.05) is 0 Å². The Morgan fingerprint density at radius 1 is 1.10 bits per heavy atom. The molecule has 2 aliphatic rings. The van der Waals surface area contributed by atoms with E-state index in [-0.39, 0.29) is 0 Å². The van der Waals surface area contributed by atoms with Gasteiger partial charge in [0.15, 0.2) is 0 Å². The third-order valence-corrected chi connectivity index (χ3v) is 4.88. The summed E-state index contributed by atoms with van der Waals surface area (Å²) >= 11 is 0. The van der Waals surface area contributed by atoms with Gasteiger partial charge in [0.05, 0.1) is 0 Å². The van der Waals surface area contributed by atoms with Gasteiger partial charge in [-0.05, 0) is 62.9 Å². The Bertz CT molecular complexity index is 443. The van der Waals surface area contributed by atoms with Crippen molar-refractivity contribution in [2.24, 2.45) is 5.92 Å². The van der Waals surface area contributed by atoms with Gasteiger partial charge in [-0.25, -0.2) is 8.78 Å². The topological polar surface area (TPSA) is 15.3 Å². The van der Waals surface area contributed by atoms with E-state index in [2.05, 4.69) is 17.3 Å². The predicted molar refractivity (Wildman–Crippen MR) is 75.4 cm³/mol. The summed E-state index contributed by atoms with van der Waals surface area (Å²) in [6.07, 6.45) is 5.15. The molecule has 2 nitrogen and oxygen atoms in total. The molecule has 0 aliphatic carbocycles. The maximum Gasteiger partial charge on any atom is 0.126 e. The fourth-order valence-electron chi connectivity index (χ4n) is 3.82. The Kier molecular flexibility index (Phi) is 4.03. The molecule has 2 fully saturated rings. The first-order valence-corrected chi connectivity index (χ1v) is 7.49. The summed E-state index contributed by atoms with van der Waals surface area (Å²) in [6, 6.07) is 5.19. The van der Waals surface area contributed by atoms with Gasteiger partial charge in [0.2, 0.25) is 0 Å². The van der Waals surface area contributed by atoms with Crippen molar-refractivity contribution < 1.29 is 8.78 Å². The van der Waals surface area contributed by atoms with Crippen LogP contribution in [0, 0.1) is 17.6 Å². The van der Waals surface area contributed by atoms with Crippen LogP contribution in [0.1, 0.15) is 31.2 Å². The van der Waals surface area contributed by atoms with Gasteiger partial charge in [0.25, 0.3) is 0 Å². The van der Waals surface area contributed by atoms with Crippen LogP contribution in [0.25, 0.3) is 0 Å². The van der Waals surface area contributed by atoms with Gasteiger partial charge in [-0.3, -0.25) is 0 Å². The smallest absolute Gasteiger partial charge is 0.126 e. The Morgan fingerprint density at radius 3 is 2.30 bits per heavy atom. The highest BCUT2D eigenvalue weighted by atomic mass is 19.1. The first-order valence-electron chi connectivity index (χ1n) is 7.49. The number of halogens is 2. The zero-order chi connectivity index (χ0) is 14.1. The number of hydrogen-bond acceptors (Lipinski definition) is 2. The number of fused-ring (bicyclic) bond motifs is 2. The maximum atomic E-state index is 13.1. The monoisotopic (exact) mass is 280 g/mol. The van der Waals surface area contributed by atoms with Gasteiger partial charge in [-0.15, -0.1) is 0 Å². The SMILES string of the molecule is CN1C2CCC1CC(CNCc1cc(F)cc(F)c1)C2. The van der Waals surface area contributed by atoms with E-state index in [9.17, 15) is 8.78 Å². The van der Waals surface area contributed by atoms with E-state index >= 15 is 0 Å². The van der Waals surface area contributed by atoms with E-state index in [1.165, 1.54) is 37.8 Å². The van der Waals surface area contributed by atoms with Gasteiger partial charge < -0.3 is 10.2 Å². The van der Waals surface area contributed by atoms with Crippen LogP contribution in [0.2, 0.25) is 0 Å². The molecule has 0 spiro atoms. The van der Waals surface area contributed by atoms with Crippen LogP contribution in [-0.4, -0.2) is 30.6 Å². The number of benzene rings is 1. The summed E-state index contributed by atoms with van der Waals surface area (Å²) in [4.78, 5) is 2.53. The highest BCUT2D eigenvalue weighted by molar-refractivity contribution is 5.17. The average Bonchev–Trinajstić information content (AvgIpc) is 2.61. The molecule has 2 bridgehead atoms. The van der Waals surface area contributed by atoms with E-state index < -0.39 is 11.6 Å². The van der Waals surface area contributed by atoms with Crippen molar-refractivity contribution in [1.82, 2.24) is 10.2 Å². The van der Waals surface area contributed by atoms with Gasteiger partial charge in [0.1, 0.15) is 11.6 Å². The van der Waals surface area contributed by atoms with Gasteiger partial charge in [0, 0.05) is 24.7 Å². The maximum absolute atomic E-state index is 13.1. The third-order valence-electron chi connectivity index (χ3n) is 4.88. The van der Waals surface area contributed by atoms with E-state index in [0.717, 1.165) is 24.7 Å². The average molecular weight is 280 g/mol. The molecule has 110 valence electrons. The fourth-order valence-corrected chi connectivity index (χ4v) is 3.82. The second-order valence-corrected chi connectivity index (χ2v) is 6.30. The van der Waals surface area contributed by atoms with E-state index in [1.807, 2.05) is 0 Å². The molecule has 2 aliphatic heterocycles. The second kappa shape index (κ2) is 5.78. The van der Waals surface area contributed by atoms with Crippen LogP contribution >= 0.6 is 0 Å². The minimum Gasteiger partial charge on any atom is -0.312 e. The molecule has 1 aromatic carbocycles. The quantitative estimate of drug-likeness (QED) is 0.912. The summed E-state index contributed by atoms with van der Waals surface area (Å²) in [6.45, 7) is 1.48. The molecule has 0 aromatic heterocycles. The molecule has 0 amide bonds. The van der Waals surface area contributed by atoms with Crippen molar-refractivity contribution in [2.75, 3.05) is 13.6 Å². The van der Waals surface area contributed by atoms with Gasteiger partial charge >= 0.3 is 0 Å². The number of piperidine rings is 1. The minimum absolute atomic E-state index is 0.501. The summed E-state index contributed by atoms with van der Waals surface area (Å²) in [5, 5.41) is 3.36. The Hall–Kier alpha value is -1.00. The fraction of sp³-hybridized carbons (Fsp3) is 0.625. The van der Waals surface area contributed by atoms with Crippen LogP contribution in [0.4, 0.5) is 8.78 Å². The van der Waals surface area contributed by atoms with Crippen LogP contribution in [0.3, 0.4) is 0 Å². The summed E-state index contributed by atoms with van der Waals surface area (Å²) in [5.41, 5.74) is 0.679. The van der Waals surface area contributed by atoms with Crippen LogP contribution < -0.4 is 5.32 Å². The first kappa shape index (κ1) is 14.0. The van der Waals surface area contributed by atoms with Crippen LogP contribution in [0.5, 0.6) is 0 Å². The molecule has 1 N–H and O–H groups in total. The molecular weight excluding hydrogens is 258 g/mol. The zero-order valence-corrected chi connectivity index (χ0v) is 11.9. The summed E-state index contributed by atoms with van der Waals surface area (Å²) < 4.78 is 26.2. The summed E-state index contributed by atoms with van der Waals surface area (Å²) in [5.74, 6) is -0.305. The lowest BCUT2D eigenvalue weighted by atomic mass is 9.91. The zero-order valence-electron chi connectivity index (χ0n) is 11.9. The van der Waals surface area contributed by atoms with Crippen molar-refractivity contribution in [3.8, 4) is 0 Å². The normalized spacial score (nSPS) is 29.9. The van der Waals surface area contributed by atoms with E-state index in [1.54, 1.807) is 0 Å². The molecule has 4 heteroatoms. The molecule has 0 saturated carbocycles. The highest BCUT2D eigenvalue weighted by Gasteiger charge is 2.37. The Labute approximate surface area is 119 Å². The van der Waals surface area contributed by atoms with Crippen molar-refractivity contribution in [2.45, 2.75) is 44.3 Å². The summed E-state index contributed by atoms with van der Waals surface area (Å²) in [7, 11) is 2.24. The predicted octanol–water partition coefficient (Wildman–Crippen LogP) is 2.93. The molecule has 20 heavy (non-hydrogen) atoms. The number of nitrogens with zero attached hydrogens (tertiary/aromatic N) is 1. The third kappa shape index (κ3) is 3.01. The lowest BCUT2D eigenvalue weighted by molar-refractivity contribution is 0.133. The Morgan fingerprint density at radius 2 is 1.70 bits per heavy atom. The van der Waals surface area contributed by atoms with Crippen molar-refractivity contribution in [3.63, 3.8) is 0 Å². The number of rotatable bonds is 4. The highest BCUT2D eigenvalue weighted by Crippen LogP contribution is 2.36. The first-order chi connectivity index (χ1) is 9.61. The molecule has 2 heterocycles. The molecule has 1 aromatic rings. The van der Waals surface area contributed by atoms with E-state index in [4.69, 9.17) is 0 Å². The largest absolute Gasteiger partial charge is 0.312 e. The van der Waals surface area contributed by atoms with Gasteiger partial charge in [-0.2, -0.15) is 0 Å². The molecule has 3 rings (SSSR count). The number of hydrogen-bond donors (Lipinski definition) is 1. The van der Waals surface area contributed by atoms with Crippen LogP contribution in [-0.2, 0) is 6.54 Å². The standard InChI is InChI=1S/C16H22F2N2/c1-20-15-2-3-16(20)7-12(6-15)10-19-9-11-4-13(17)8-14(18)5-11/h4-5,8,12,15-16,19H,2-3,6-7,9-10H2,1H3. The molecule has 2 atom stereocenters. The van der Waals surface area contributed by atoms with Crippen molar-refractivity contribution in [1.29, 1.82) is 0 Å². The van der Waals surface area contributed by atoms with Crippen molar-refractivity contribution >= 4 is 0 Å². The number of nitrogens with one attached hydrogen (secondary N) is 1. The van der Waals surface area contributed by atoms with Crippen LogP contribution in [0.15, 0.2) is 18.2 Å². The molecule has 2 saturated heterocycles. The Balaban J connectivity index is 1.48. The lowest BCUT2D eigenvalue weighted by Crippen LogP contribution is -2.42. The molecular formula is C16H22F2N2. The molecule has 0 radical (unpaired) electrons. The second-order valence-electron chi connectivity index (χ2n) is 6.30. The lowest BCUT2D eigenvalue weighted by Gasteiger charge is -2.36. The van der Waals surface area contributed by atoms with Crippen molar-refractivity contribution in [3.05, 3.63) is 35.4 Å². The molecule has 2 unspecified atom stereocenters. The van der Waals surface area contributed by atoms with E-state index in [0.29, 0.717) is 18.0 Å². The minimum atomic E-state index is -0.501.